The molecule has 0 N–H and O–H groups in total. The van der Waals surface area contributed by atoms with Gasteiger partial charge in [0.15, 0.2) is 11.0 Å². The van der Waals surface area contributed by atoms with Crippen LogP contribution in [0.5, 0.6) is 0 Å². The molecule has 31 heavy (non-hydrogen) atoms. The van der Waals surface area contributed by atoms with Crippen LogP contribution in [-0.4, -0.2) is 61.9 Å². The van der Waals surface area contributed by atoms with E-state index in [1.54, 1.807) is 12.1 Å². The van der Waals surface area contributed by atoms with Crippen LogP contribution in [0.25, 0.3) is 11.4 Å². The number of carbonyl (C=O) groups excluding carboxylic acids is 1. The molecule has 0 unspecified atom stereocenters. The summed E-state index contributed by atoms with van der Waals surface area (Å²) < 4.78 is 15.0. The minimum Gasteiger partial charge on any atom is -0.339 e. The molecule has 1 aliphatic heterocycles. The number of nitrogens with zero attached hydrogens (tertiary/aromatic N) is 5. The van der Waals surface area contributed by atoms with E-state index < -0.39 is 0 Å². The Balaban J connectivity index is 1.32. The second kappa shape index (κ2) is 9.62. The molecule has 0 bridgehead atoms. The maximum atomic E-state index is 13.2. The van der Waals surface area contributed by atoms with Crippen molar-refractivity contribution in [1.29, 1.82) is 0 Å². The van der Waals surface area contributed by atoms with Crippen molar-refractivity contribution in [3.63, 3.8) is 0 Å². The van der Waals surface area contributed by atoms with Gasteiger partial charge in [0.1, 0.15) is 5.82 Å². The fourth-order valence-electron chi connectivity index (χ4n) is 3.70. The van der Waals surface area contributed by atoms with Crippen LogP contribution in [0.15, 0.2) is 59.8 Å². The summed E-state index contributed by atoms with van der Waals surface area (Å²) in [6.07, 6.45) is 0. The lowest BCUT2D eigenvalue weighted by atomic mass is 10.2. The number of benzene rings is 2. The lowest BCUT2D eigenvalue weighted by Gasteiger charge is -2.35. The quantitative estimate of drug-likeness (QED) is 0.551. The largest absolute Gasteiger partial charge is 0.339 e. The standard InChI is InChI=1S/C23H26FN5OS/c1-17(31-23-26-25-21(27(23)2)19-8-10-20(24)11-9-19)22(30)29-14-12-28(13-15-29)16-18-6-4-3-5-7-18/h3-11,17H,12-16H2,1-2H3/t17-/m0/s1. The monoisotopic (exact) mass is 439 g/mol. The number of aromatic nitrogens is 3. The molecule has 162 valence electrons. The highest BCUT2D eigenvalue weighted by Gasteiger charge is 2.27. The molecule has 2 heterocycles. The van der Waals surface area contributed by atoms with Crippen LogP contribution in [-0.2, 0) is 18.4 Å². The van der Waals surface area contributed by atoms with Crippen LogP contribution in [0.4, 0.5) is 4.39 Å². The molecule has 6 nitrogen and oxygen atoms in total. The average Bonchev–Trinajstić information content (AvgIpc) is 3.15. The number of halogens is 1. The third-order valence-electron chi connectivity index (χ3n) is 5.50. The maximum Gasteiger partial charge on any atom is 0.235 e. The Morgan fingerprint density at radius 3 is 2.39 bits per heavy atom. The minimum atomic E-state index is -0.288. The second-order valence-corrected chi connectivity index (χ2v) is 9.03. The third kappa shape index (κ3) is 5.14. The Hall–Kier alpha value is -2.71. The molecular formula is C23H26FN5OS. The zero-order valence-corrected chi connectivity index (χ0v) is 18.6. The van der Waals surface area contributed by atoms with Crippen molar-refractivity contribution >= 4 is 17.7 Å². The summed E-state index contributed by atoms with van der Waals surface area (Å²) in [5.74, 6) is 0.482. The number of hydrogen-bond acceptors (Lipinski definition) is 5. The Morgan fingerprint density at radius 2 is 1.71 bits per heavy atom. The SMILES string of the molecule is C[C@H](Sc1nnc(-c2ccc(F)cc2)n1C)C(=O)N1CCN(Cc2ccccc2)CC1. The molecule has 1 aliphatic rings. The van der Waals surface area contributed by atoms with Crippen molar-refractivity contribution in [1.82, 2.24) is 24.6 Å². The lowest BCUT2D eigenvalue weighted by molar-refractivity contribution is -0.132. The van der Waals surface area contributed by atoms with Crippen LogP contribution in [0.1, 0.15) is 12.5 Å². The van der Waals surface area contributed by atoms with Gasteiger partial charge in [-0.1, -0.05) is 42.1 Å². The van der Waals surface area contributed by atoms with Crippen LogP contribution < -0.4 is 0 Å². The van der Waals surface area contributed by atoms with Crippen molar-refractivity contribution in [3.8, 4) is 11.4 Å². The van der Waals surface area contributed by atoms with Gasteiger partial charge in [-0.3, -0.25) is 9.69 Å². The number of hydrogen-bond donors (Lipinski definition) is 0. The van der Waals surface area contributed by atoms with Crippen LogP contribution in [0.2, 0.25) is 0 Å². The van der Waals surface area contributed by atoms with E-state index in [4.69, 9.17) is 0 Å². The van der Waals surface area contributed by atoms with E-state index in [1.165, 1.54) is 29.5 Å². The van der Waals surface area contributed by atoms with E-state index in [-0.39, 0.29) is 17.0 Å². The summed E-state index contributed by atoms with van der Waals surface area (Å²) in [6, 6.07) is 16.6. The van der Waals surface area contributed by atoms with Gasteiger partial charge in [-0.15, -0.1) is 10.2 Å². The van der Waals surface area contributed by atoms with Gasteiger partial charge < -0.3 is 9.47 Å². The Morgan fingerprint density at radius 1 is 1.03 bits per heavy atom. The minimum absolute atomic E-state index is 0.121. The van der Waals surface area contributed by atoms with E-state index in [9.17, 15) is 9.18 Å². The van der Waals surface area contributed by atoms with Crippen LogP contribution in [0, 0.1) is 5.82 Å². The molecule has 8 heteroatoms. The lowest BCUT2D eigenvalue weighted by Crippen LogP contribution is -2.50. The maximum absolute atomic E-state index is 13.2. The predicted molar refractivity (Wildman–Crippen MR) is 120 cm³/mol. The summed E-state index contributed by atoms with van der Waals surface area (Å²) >= 11 is 1.40. The molecule has 0 aliphatic carbocycles. The Kier molecular flexibility index (Phi) is 6.67. The number of piperazine rings is 1. The third-order valence-corrected chi connectivity index (χ3v) is 6.62. The van der Waals surface area contributed by atoms with E-state index in [1.807, 2.05) is 29.5 Å². The molecule has 1 fully saturated rings. The highest BCUT2D eigenvalue weighted by atomic mass is 32.2. The molecule has 1 aromatic heterocycles. The van der Waals surface area contributed by atoms with Crippen LogP contribution in [0.3, 0.4) is 0 Å². The fourth-order valence-corrected chi connectivity index (χ4v) is 4.60. The normalized spacial score (nSPS) is 15.8. The molecular weight excluding hydrogens is 413 g/mol. The fraction of sp³-hybridized carbons (Fsp3) is 0.348. The summed E-state index contributed by atoms with van der Waals surface area (Å²) in [4.78, 5) is 17.3. The van der Waals surface area contributed by atoms with Gasteiger partial charge in [-0.05, 0) is 36.8 Å². The Labute approximate surface area is 186 Å². The zero-order valence-electron chi connectivity index (χ0n) is 17.7. The van der Waals surface area contributed by atoms with Crippen molar-refractivity contribution in [2.24, 2.45) is 7.05 Å². The van der Waals surface area contributed by atoms with Crippen molar-refractivity contribution in [3.05, 3.63) is 66.0 Å². The van der Waals surface area contributed by atoms with Gasteiger partial charge in [0.05, 0.1) is 5.25 Å². The molecule has 2 aromatic carbocycles. The smallest absolute Gasteiger partial charge is 0.235 e. The molecule has 3 aromatic rings. The summed E-state index contributed by atoms with van der Waals surface area (Å²) in [6.45, 7) is 6.04. The van der Waals surface area contributed by atoms with Gasteiger partial charge in [0.2, 0.25) is 5.91 Å². The number of thioether (sulfide) groups is 1. The van der Waals surface area contributed by atoms with Crippen molar-refractivity contribution < 1.29 is 9.18 Å². The van der Waals surface area contributed by atoms with Gasteiger partial charge in [0.25, 0.3) is 0 Å². The molecule has 1 amide bonds. The number of amides is 1. The molecule has 0 radical (unpaired) electrons. The first kappa shape index (κ1) is 21.5. The van der Waals surface area contributed by atoms with E-state index in [0.717, 1.165) is 38.3 Å². The highest BCUT2D eigenvalue weighted by molar-refractivity contribution is 8.00. The van der Waals surface area contributed by atoms with Crippen molar-refractivity contribution in [2.75, 3.05) is 26.2 Å². The van der Waals surface area contributed by atoms with Crippen LogP contribution >= 0.6 is 11.8 Å². The van der Waals surface area contributed by atoms with E-state index in [0.29, 0.717) is 11.0 Å². The van der Waals surface area contributed by atoms with E-state index >= 15 is 0 Å². The predicted octanol–water partition coefficient (Wildman–Crippen LogP) is 3.45. The van der Waals surface area contributed by atoms with Gasteiger partial charge in [-0.2, -0.15) is 0 Å². The molecule has 0 saturated carbocycles. The number of carbonyl (C=O) groups is 1. The second-order valence-electron chi connectivity index (χ2n) is 7.72. The van der Waals surface area contributed by atoms with Gasteiger partial charge in [0, 0.05) is 45.3 Å². The molecule has 0 spiro atoms. The first-order valence-corrected chi connectivity index (χ1v) is 11.3. The van der Waals surface area contributed by atoms with Gasteiger partial charge in [-0.25, -0.2) is 4.39 Å². The molecule has 4 rings (SSSR count). The summed E-state index contributed by atoms with van der Waals surface area (Å²) in [5.41, 5.74) is 2.09. The zero-order chi connectivity index (χ0) is 21.8. The molecule has 1 saturated heterocycles. The summed E-state index contributed by atoms with van der Waals surface area (Å²) in [5, 5.41) is 8.88. The summed E-state index contributed by atoms with van der Waals surface area (Å²) in [7, 11) is 1.86. The Bertz CT molecular complexity index is 1020. The van der Waals surface area contributed by atoms with Crippen molar-refractivity contribution in [2.45, 2.75) is 23.9 Å². The first-order chi connectivity index (χ1) is 15.0. The van der Waals surface area contributed by atoms with E-state index in [2.05, 4.69) is 39.4 Å². The van der Waals surface area contributed by atoms with Gasteiger partial charge >= 0.3 is 0 Å². The molecule has 1 atom stereocenters. The highest BCUT2D eigenvalue weighted by Crippen LogP contribution is 2.27. The first-order valence-electron chi connectivity index (χ1n) is 10.4. The topological polar surface area (TPSA) is 54.3 Å². The number of rotatable bonds is 6. The average molecular weight is 440 g/mol.